The van der Waals surface area contributed by atoms with Gasteiger partial charge in [-0.05, 0) is 26.3 Å². The largest absolute Gasteiger partial charge is 0.380 e. The summed E-state index contributed by atoms with van der Waals surface area (Å²) in [6.45, 7) is 11.0. The molecule has 0 saturated carbocycles. The zero-order valence-electron chi connectivity index (χ0n) is 11.0. The highest BCUT2D eigenvalue weighted by molar-refractivity contribution is 4.71. The van der Waals surface area contributed by atoms with E-state index < -0.39 is 0 Å². The molecule has 1 aliphatic rings. The van der Waals surface area contributed by atoms with Crippen molar-refractivity contribution in [3.63, 3.8) is 0 Å². The van der Waals surface area contributed by atoms with E-state index in [1.54, 1.807) is 0 Å². The van der Waals surface area contributed by atoms with Crippen molar-refractivity contribution in [1.29, 1.82) is 0 Å². The van der Waals surface area contributed by atoms with Crippen LogP contribution < -0.4 is 5.32 Å². The number of nitrogens with one attached hydrogen (secondary N) is 1. The van der Waals surface area contributed by atoms with Crippen LogP contribution in [-0.2, 0) is 4.74 Å². The van der Waals surface area contributed by atoms with Gasteiger partial charge in [0.2, 0.25) is 0 Å². The summed E-state index contributed by atoms with van der Waals surface area (Å²) in [6.07, 6.45) is 5.14. The highest BCUT2D eigenvalue weighted by Gasteiger charge is 2.14. The molecule has 1 aliphatic heterocycles. The molecule has 0 spiro atoms. The standard InChI is InChI=1S/C13H28N2O/c1-3-4-5-7-14-12-13(2)15-8-6-10-16-11-9-15/h13-14H,3-12H2,1-2H3. The molecule has 1 saturated heterocycles. The van der Waals surface area contributed by atoms with Crippen LogP contribution in [-0.4, -0.2) is 50.3 Å². The molecule has 96 valence electrons. The Bertz CT molecular complexity index is 156. The molecule has 0 amide bonds. The molecule has 3 heteroatoms. The van der Waals surface area contributed by atoms with E-state index in [-0.39, 0.29) is 0 Å². The molecule has 1 heterocycles. The SMILES string of the molecule is CCCCCNCC(C)N1CCCOCC1. The first kappa shape index (κ1) is 13.9. The number of hydrogen-bond acceptors (Lipinski definition) is 3. The lowest BCUT2D eigenvalue weighted by atomic mass is 10.2. The smallest absolute Gasteiger partial charge is 0.0593 e. The van der Waals surface area contributed by atoms with Crippen LogP contribution in [0.3, 0.4) is 0 Å². The van der Waals surface area contributed by atoms with E-state index in [2.05, 4.69) is 24.1 Å². The van der Waals surface area contributed by atoms with Crippen molar-refractivity contribution in [2.24, 2.45) is 0 Å². The van der Waals surface area contributed by atoms with Crippen LogP contribution in [0.5, 0.6) is 0 Å². The summed E-state index contributed by atoms with van der Waals surface area (Å²) in [4.78, 5) is 2.54. The van der Waals surface area contributed by atoms with Crippen molar-refractivity contribution >= 4 is 0 Å². The molecule has 1 atom stereocenters. The lowest BCUT2D eigenvalue weighted by molar-refractivity contribution is 0.133. The van der Waals surface area contributed by atoms with E-state index in [0.29, 0.717) is 6.04 Å². The van der Waals surface area contributed by atoms with Gasteiger partial charge in [-0.1, -0.05) is 19.8 Å². The van der Waals surface area contributed by atoms with Crippen LogP contribution in [0.2, 0.25) is 0 Å². The number of hydrogen-bond donors (Lipinski definition) is 1. The summed E-state index contributed by atoms with van der Waals surface area (Å²) in [6, 6.07) is 0.642. The molecule has 1 N–H and O–H groups in total. The summed E-state index contributed by atoms with van der Waals surface area (Å²) >= 11 is 0. The molecule has 0 aromatic heterocycles. The van der Waals surface area contributed by atoms with Gasteiger partial charge in [0.25, 0.3) is 0 Å². The summed E-state index contributed by atoms with van der Waals surface area (Å²) < 4.78 is 5.47. The molecular formula is C13H28N2O. The van der Waals surface area contributed by atoms with Crippen LogP contribution >= 0.6 is 0 Å². The van der Waals surface area contributed by atoms with E-state index in [9.17, 15) is 0 Å². The van der Waals surface area contributed by atoms with Crippen molar-refractivity contribution in [3.05, 3.63) is 0 Å². The first-order valence-corrected chi connectivity index (χ1v) is 6.87. The van der Waals surface area contributed by atoms with Gasteiger partial charge in [-0.3, -0.25) is 4.90 Å². The fourth-order valence-corrected chi connectivity index (χ4v) is 2.15. The normalized spacial score (nSPS) is 20.6. The second-order valence-electron chi connectivity index (χ2n) is 4.76. The predicted molar refractivity (Wildman–Crippen MR) is 68.9 cm³/mol. The Morgan fingerprint density at radius 2 is 2.12 bits per heavy atom. The highest BCUT2D eigenvalue weighted by Crippen LogP contribution is 2.04. The van der Waals surface area contributed by atoms with Gasteiger partial charge in [0.05, 0.1) is 6.61 Å². The van der Waals surface area contributed by atoms with Crippen molar-refractivity contribution in [1.82, 2.24) is 10.2 Å². The maximum Gasteiger partial charge on any atom is 0.0593 e. The minimum Gasteiger partial charge on any atom is -0.380 e. The second-order valence-corrected chi connectivity index (χ2v) is 4.76. The highest BCUT2D eigenvalue weighted by atomic mass is 16.5. The molecule has 1 unspecified atom stereocenters. The third-order valence-electron chi connectivity index (χ3n) is 3.28. The van der Waals surface area contributed by atoms with Gasteiger partial charge >= 0.3 is 0 Å². The number of nitrogens with zero attached hydrogens (tertiary/aromatic N) is 1. The van der Waals surface area contributed by atoms with Crippen molar-refractivity contribution < 1.29 is 4.74 Å². The van der Waals surface area contributed by atoms with E-state index in [4.69, 9.17) is 4.74 Å². The lowest BCUT2D eigenvalue weighted by Gasteiger charge is -2.27. The Kier molecular flexibility index (Phi) is 7.81. The molecule has 0 aromatic carbocycles. The summed E-state index contributed by atoms with van der Waals surface area (Å²) in [5, 5.41) is 3.56. The molecule has 1 fully saturated rings. The van der Waals surface area contributed by atoms with Gasteiger partial charge in [-0.25, -0.2) is 0 Å². The molecule has 16 heavy (non-hydrogen) atoms. The Hall–Kier alpha value is -0.120. The van der Waals surface area contributed by atoms with Gasteiger partial charge < -0.3 is 10.1 Å². The maximum atomic E-state index is 5.47. The van der Waals surface area contributed by atoms with Crippen molar-refractivity contribution in [2.75, 3.05) is 39.4 Å². The zero-order valence-corrected chi connectivity index (χ0v) is 11.0. The third-order valence-corrected chi connectivity index (χ3v) is 3.28. The van der Waals surface area contributed by atoms with Gasteiger partial charge in [0.1, 0.15) is 0 Å². The van der Waals surface area contributed by atoms with Crippen LogP contribution in [0.4, 0.5) is 0 Å². The Labute approximate surface area is 101 Å². The topological polar surface area (TPSA) is 24.5 Å². The van der Waals surface area contributed by atoms with Crippen molar-refractivity contribution in [2.45, 2.75) is 45.6 Å². The lowest BCUT2D eigenvalue weighted by Crippen LogP contribution is -2.41. The molecule has 0 radical (unpaired) electrons. The maximum absolute atomic E-state index is 5.47. The number of unbranched alkanes of at least 4 members (excludes halogenated alkanes) is 2. The molecule has 0 bridgehead atoms. The van der Waals surface area contributed by atoms with Crippen LogP contribution in [0.1, 0.15) is 39.5 Å². The molecular weight excluding hydrogens is 200 g/mol. The van der Waals surface area contributed by atoms with Crippen molar-refractivity contribution in [3.8, 4) is 0 Å². The average molecular weight is 228 g/mol. The Balaban J connectivity index is 2.05. The van der Waals surface area contributed by atoms with Gasteiger partial charge in [-0.2, -0.15) is 0 Å². The van der Waals surface area contributed by atoms with E-state index in [1.165, 1.54) is 38.8 Å². The first-order valence-electron chi connectivity index (χ1n) is 6.87. The molecule has 1 rings (SSSR count). The van der Waals surface area contributed by atoms with Gasteiger partial charge in [-0.15, -0.1) is 0 Å². The summed E-state index contributed by atoms with van der Waals surface area (Å²) in [7, 11) is 0. The third kappa shape index (κ3) is 5.83. The Morgan fingerprint density at radius 3 is 2.94 bits per heavy atom. The van der Waals surface area contributed by atoms with E-state index in [0.717, 1.165) is 26.3 Å². The molecule has 3 nitrogen and oxygen atoms in total. The van der Waals surface area contributed by atoms with Crippen LogP contribution in [0, 0.1) is 0 Å². The molecule has 0 aliphatic carbocycles. The summed E-state index contributed by atoms with van der Waals surface area (Å²) in [5.74, 6) is 0. The van der Waals surface area contributed by atoms with Crippen LogP contribution in [0.25, 0.3) is 0 Å². The molecule has 0 aromatic rings. The fraction of sp³-hybridized carbons (Fsp3) is 1.00. The van der Waals surface area contributed by atoms with E-state index in [1.807, 2.05) is 0 Å². The predicted octanol–water partition coefficient (Wildman–Crippen LogP) is 1.88. The summed E-state index contributed by atoms with van der Waals surface area (Å²) in [5.41, 5.74) is 0. The number of ether oxygens (including phenoxy) is 1. The zero-order chi connectivity index (χ0) is 11.6. The first-order chi connectivity index (χ1) is 7.84. The van der Waals surface area contributed by atoms with Gasteiger partial charge in [0, 0.05) is 32.3 Å². The minimum atomic E-state index is 0.642. The average Bonchev–Trinajstić information content (AvgIpc) is 2.57. The number of rotatable bonds is 7. The quantitative estimate of drug-likeness (QED) is 0.673. The van der Waals surface area contributed by atoms with Crippen LogP contribution in [0.15, 0.2) is 0 Å². The Morgan fingerprint density at radius 1 is 1.25 bits per heavy atom. The van der Waals surface area contributed by atoms with E-state index >= 15 is 0 Å². The monoisotopic (exact) mass is 228 g/mol. The van der Waals surface area contributed by atoms with Gasteiger partial charge in [0.15, 0.2) is 0 Å². The second kappa shape index (κ2) is 8.97. The minimum absolute atomic E-state index is 0.642. The fourth-order valence-electron chi connectivity index (χ4n) is 2.15.